The molecule has 11 heteroatoms. The van der Waals surface area contributed by atoms with Gasteiger partial charge in [0.05, 0.1) is 11.3 Å². The summed E-state index contributed by atoms with van der Waals surface area (Å²) < 4.78 is 42.4. The Morgan fingerprint density at radius 3 is 2.45 bits per heavy atom. The molecule has 1 aliphatic carbocycles. The summed E-state index contributed by atoms with van der Waals surface area (Å²) in [6.07, 6.45) is 3.75. The number of anilines is 3. The molecule has 0 aliphatic heterocycles. The number of carbonyl (C=O) groups is 1. The van der Waals surface area contributed by atoms with E-state index in [1.165, 1.54) is 4.90 Å². The lowest BCUT2D eigenvalue weighted by molar-refractivity contribution is -0.137. The van der Waals surface area contributed by atoms with Gasteiger partial charge in [-0.15, -0.1) is 0 Å². The second-order valence-corrected chi connectivity index (χ2v) is 10.4. The molecule has 0 bridgehead atoms. The second-order valence-electron chi connectivity index (χ2n) is 10.4. The third-order valence-corrected chi connectivity index (χ3v) is 7.61. The zero-order chi connectivity index (χ0) is 29.4. The number of nitrogen functional groups attached to an aromatic ring is 1. The molecule has 0 saturated heterocycles. The Morgan fingerprint density at radius 1 is 0.976 bits per heavy atom. The quantitative estimate of drug-likeness (QED) is 0.254. The van der Waals surface area contributed by atoms with Crippen LogP contribution in [0.3, 0.4) is 0 Å². The summed E-state index contributed by atoms with van der Waals surface area (Å²) in [4.78, 5) is 28.3. The fourth-order valence-corrected chi connectivity index (χ4v) is 5.59. The predicted octanol–water partition coefficient (Wildman–Crippen LogP) is 6.36. The average Bonchev–Trinajstić information content (AvgIpc) is 3.39. The van der Waals surface area contributed by atoms with Crippen molar-refractivity contribution < 1.29 is 18.0 Å². The zero-order valence-electron chi connectivity index (χ0n) is 22.5. The van der Waals surface area contributed by atoms with Crippen LogP contribution in [0, 0.1) is 0 Å². The van der Waals surface area contributed by atoms with E-state index < -0.39 is 17.6 Å². The molecule has 1 aliphatic rings. The molecule has 3 aromatic heterocycles. The van der Waals surface area contributed by atoms with E-state index in [1.807, 2.05) is 10.6 Å². The lowest BCUT2D eigenvalue weighted by atomic mass is 9.85. The third kappa shape index (κ3) is 5.18. The Labute approximate surface area is 239 Å². The molecular weight excluding hydrogens is 543 g/mol. The van der Waals surface area contributed by atoms with E-state index in [1.54, 1.807) is 60.8 Å². The van der Waals surface area contributed by atoms with Crippen molar-refractivity contribution in [1.29, 1.82) is 0 Å². The van der Waals surface area contributed by atoms with Crippen molar-refractivity contribution in [2.75, 3.05) is 10.6 Å². The first-order valence-corrected chi connectivity index (χ1v) is 13.6. The number of aromatic nitrogens is 4. The SMILES string of the molecule is Nc1nccn2c(C3CCCC(N)C3)nc(-c3ccc(C(=O)N(c4ccccc4)c4cc(C(F)(F)F)ccn4)cc3)c12. The number of hydrogen-bond acceptors (Lipinski definition) is 6. The highest BCUT2D eigenvalue weighted by Crippen LogP contribution is 2.37. The van der Waals surface area contributed by atoms with Gasteiger partial charge in [0.25, 0.3) is 5.91 Å². The summed E-state index contributed by atoms with van der Waals surface area (Å²) in [6.45, 7) is 0. The van der Waals surface area contributed by atoms with Gasteiger partial charge < -0.3 is 11.5 Å². The van der Waals surface area contributed by atoms with Crippen LogP contribution in [0.1, 0.15) is 53.3 Å². The highest BCUT2D eigenvalue weighted by molar-refractivity contribution is 6.10. The number of fused-ring (bicyclic) bond motifs is 1. The fourth-order valence-electron chi connectivity index (χ4n) is 5.59. The molecule has 0 radical (unpaired) electrons. The van der Waals surface area contributed by atoms with E-state index >= 15 is 0 Å². The minimum atomic E-state index is -4.59. The molecule has 1 fully saturated rings. The molecule has 42 heavy (non-hydrogen) atoms. The summed E-state index contributed by atoms with van der Waals surface area (Å²) in [5.74, 6) is 0.705. The van der Waals surface area contributed by atoms with Crippen LogP contribution in [0.4, 0.5) is 30.5 Å². The van der Waals surface area contributed by atoms with Crippen LogP contribution >= 0.6 is 0 Å². The Hall–Kier alpha value is -4.77. The minimum Gasteiger partial charge on any atom is -0.382 e. The van der Waals surface area contributed by atoms with Crippen LogP contribution in [0.15, 0.2) is 85.3 Å². The average molecular weight is 572 g/mol. The maximum atomic E-state index is 13.8. The number of benzene rings is 2. The standard InChI is InChI=1S/C31H28F3N7O/c32-31(33,34)22-13-14-37-25(18-22)41(24-7-2-1-3-8-24)30(42)20-11-9-19(10-12-20)26-27-28(36)38-15-16-40(27)29(39-26)21-5-4-6-23(35)17-21/h1-3,7-16,18,21,23H,4-6,17,35H2,(H2,36,38). The number of pyridine rings is 1. The Bertz CT molecular complexity index is 1740. The number of halogens is 3. The number of nitrogens with zero attached hydrogens (tertiary/aromatic N) is 5. The van der Waals surface area contributed by atoms with E-state index in [2.05, 4.69) is 9.97 Å². The molecule has 2 aromatic carbocycles. The molecule has 0 spiro atoms. The molecule has 5 aromatic rings. The van der Waals surface area contributed by atoms with E-state index in [-0.39, 0.29) is 23.3 Å². The van der Waals surface area contributed by atoms with E-state index in [4.69, 9.17) is 16.5 Å². The van der Waals surface area contributed by atoms with Crippen LogP contribution in [-0.4, -0.2) is 31.3 Å². The Balaban J connectivity index is 1.38. The highest BCUT2D eigenvalue weighted by atomic mass is 19.4. The zero-order valence-corrected chi connectivity index (χ0v) is 22.5. The molecule has 2 unspecified atom stereocenters. The summed E-state index contributed by atoms with van der Waals surface area (Å²) in [6, 6.07) is 17.0. The summed E-state index contributed by atoms with van der Waals surface area (Å²) in [5.41, 5.74) is 14.3. The lowest BCUT2D eigenvalue weighted by Gasteiger charge is -2.25. The van der Waals surface area contributed by atoms with Crippen LogP contribution in [0.2, 0.25) is 0 Å². The van der Waals surface area contributed by atoms with Gasteiger partial charge in [-0.3, -0.25) is 14.1 Å². The monoisotopic (exact) mass is 571 g/mol. The number of alkyl halides is 3. The van der Waals surface area contributed by atoms with Crippen molar-refractivity contribution in [1.82, 2.24) is 19.4 Å². The predicted molar refractivity (Wildman–Crippen MR) is 154 cm³/mol. The minimum absolute atomic E-state index is 0.114. The molecule has 1 amide bonds. The van der Waals surface area contributed by atoms with Crippen LogP contribution in [0.25, 0.3) is 16.8 Å². The van der Waals surface area contributed by atoms with Crippen LogP contribution < -0.4 is 16.4 Å². The van der Waals surface area contributed by atoms with Crippen LogP contribution in [0.5, 0.6) is 0 Å². The van der Waals surface area contributed by atoms with Gasteiger partial charge in [-0.1, -0.05) is 36.8 Å². The molecule has 2 atom stereocenters. The maximum absolute atomic E-state index is 13.8. The third-order valence-electron chi connectivity index (χ3n) is 7.61. The summed E-state index contributed by atoms with van der Waals surface area (Å²) >= 11 is 0. The van der Waals surface area contributed by atoms with E-state index in [9.17, 15) is 18.0 Å². The van der Waals surface area contributed by atoms with Gasteiger partial charge in [0.1, 0.15) is 28.7 Å². The molecular formula is C31H28F3N7O. The normalized spacial score (nSPS) is 17.3. The first-order valence-electron chi connectivity index (χ1n) is 13.6. The molecule has 3 heterocycles. The van der Waals surface area contributed by atoms with Gasteiger partial charge in [0.15, 0.2) is 0 Å². The topological polar surface area (TPSA) is 115 Å². The van der Waals surface area contributed by atoms with Crippen molar-refractivity contribution >= 4 is 28.7 Å². The van der Waals surface area contributed by atoms with Gasteiger partial charge in [-0.25, -0.2) is 15.0 Å². The van der Waals surface area contributed by atoms with Crippen molar-refractivity contribution in [3.8, 4) is 11.3 Å². The van der Waals surface area contributed by atoms with Crippen molar-refractivity contribution in [3.63, 3.8) is 0 Å². The molecule has 214 valence electrons. The Morgan fingerprint density at radius 2 is 1.74 bits per heavy atom. The van der Waals surface area contributed by atoms with Gasteiger partial charge in [-0.2, -0.15) is 13.2 Å². The molecule has 6 rings (SSSR count). The first-order chi connectivity index (χ1) is 20.2. The van der Waals surface area contributed by atoms with E-state index in [0.29, 0.717) is 22.7 Å². The van der Waals surface area contributed by atoms with Gasteiger partial charge in [-0.05, 0) is 55.7 Å². The lowest BCUT2D eigenvalue weighted by Crippen LogP contribution is -2.27. The molecule has 4 N–H and O–H groups in total. The summed E-state index contributed by atoms with van der Waals surface area (Å²) in [7, 11) is 0. The van der Waals surface area contributed by atoms with Crippen molar-refractivity contribution in [2.24, 2.45) is 5.73 Å². The van der Waals surface area contributed by atoms with Crippen molar-refractivity contribution in [2.45, 2.75) is 43.8 Å². The van der Waals surface area contributed by atoms with Gasteiger partial charge >= 0.3 is 6.18 Å². The second kappa shape index (κ2) is 10.9. The fraction of sp³-hybridized carbons (Fsp3) is 0.226. The van der Waals surface area contributed by atoms with Crippen LogP contribution in [-0.2, 0) is 6.18 Å². The number of amides is 1. The number of imidazole rings is 1. The smallest absolute Gasteiger partial charge is 0.382 e. The molecule has 8 nitrogen and oxygen atoms in total. The molecule has 1 saturated carbocycles. The van der Waals surface area contributed by atoms with Crippen molar-refractivity contribution in [3.05, 3.63) is 102 Å². The van der Waals surface area contributed by atoms with E-state index in [0.717, 1.165) is 55.4 Å². The number of para-hydroxylation sites is 1. The number of carbonyl (C=O) groups excluding carboxylic acids is 1. The summed E-state index contributed by atoms with van der Waals surface area (Å²) in [5, 5.41) is 0. The highest BCUT2D eigenvalue weighted by Gasteiger charge is 2.32. The van der Waals surface area contributed by atoms with Gasteiger partial charge in [0.2, 0.25) is 0 Å². The maximum Gasteiger partial charge on any atom is 0.416 e. The van der Waals surface area contributed by atoms with Gasteiger partial charge in [0, 0.05) is 41.7 Å². The number of nitrogens with two attached hydrogens (primary N) is 2. The first kappa shape index (κ1) is 27.4. The number of rotatable bonds is 5. The largest absolute Gasteiger partial charge is 0.416 e. The number of hydrogen-bond donors (Lipinski definition) is 2. The Kier molecular flexibility index (Phi) is 7.11.